The van der Waals surface area contributed by atoms with Crippen molar-refractivity contribution in [2.24, 2.45) is 0 Å². The van der Waals surface area contributed by atoms with E-state index < -0.39 is 5.60 Å². The summed E-state index contributed by atoms with van der Waals surface area (Å²) in [6, 6.07) is 6.69. The SMILES string of the molecule is Cc1nc2ccc(C(C)(C)O)cc2n1C1CCC1. The summed E-state index contributed by atoms with van der Waals surface area (Å²) in [5, 5.41) is 10.1. The van der Waals surface area contributed by atoms with Gasteiger partial charge in [-0.05, 0) is 57.7 Å². The Morgan fingerprint density at radius 2 is 2.06 bits per heavy atom. The lowest BCUT2D eigenvalue weighted by Crippen LogP contribution is -2.19. The van der Waals surface area contributed by atoms with Crippen LogP contribution >= 0.6 is 0 Å². The van der Waals surface area contributed by atoms with E-state index in [1.54, 1.807) is 0 Å². The fourth-order valence-corrected chi connectivity index (χ4v) is 2.70. The number of aromatic nitrogens is 2. The lowest BCUT2D eigenvalue weighted by atomic mass is 9.92. The summed E-state index contributed by atoms with van der Waals surface area (Å²) < 4.78 is 2.34. The molecule has 3 heteroatoms. The maximum absolute atomic E-state index is 10.1. The van der Waals surface area contributed by atoms with Crippen molar-refractivity contribution in [2.45, 2.75) is 51.7 Å². The second-order valence-corrected chi connectivity index (χ2v) is 5.88. The van der Waals surface area contributed by atoms with Crippen LogP contribution in [0.3, 0.4) is 0 Å². The largest absolute Gasteiger partial charge is 0.386 e. The van der Waals surface area contributed by atoms with E-state index in [-0.39, 0.29) is 0 Å². The van der Waals surface area contributed by atoms with E-state index in [0.717, 1.165) is 22.4 Å². The zero-order valence-corrected chi connectivity index (χ0v) is 11.3. The van der Waals surface area contributed by atoms with Crippen molar-refractivity contribution in [2.75, 3.05) is 0 Å². The van der Waals surface area contributed by atoms with Crippen LogP contribution < -0.4 is 0 Å². The normalized spacial score (nSPS) is 17.1. The molecule has 1 aliphatic rings. The molecule has 3 nitrogen and oxygen atoms in total. The average Bonchev–Trinajstić information content (AvgIpc) is 2.51. The minimum Gasteiger partial charge on any atom is -0.386 e. The van der Waals surface area contributed by atoms with Crippen molar-refractivity contribution in [3.05, 3.63) is 29.6 Å². The Balaban J connectivity index is 2.18. The van der Waals surface area contributed by atoms with Gasteiger partial charge in [-0.3, -0.25) is 0 Å². The van der Waals surface area contributed by atoms with Crippen molar-refractivity contribution in [1.29, 1.82) is 0 Å². The molecule has 1 aliphatic carbocycles. The van der Waals surface area contributed by atoms with Gasteiger partial charge in [0.15, 0.2) is 0 Å². The Bertz CT molecular complexity index is 588. The van der Waals surface area contributed by atoms with Crippen LogP contribution in [0.4, 0.5) is 0 Å². The third-order valence-electron chi connectivity index (χ3n) is 4.01. The maximum atomic E-state index is 10.1. The molecule has 18 heavy (non-hydrogen) atoms. The van der Waals surface area contributed by atoms with E-state index >= 15 is 0 Å². The zero-order valence-electron chi connectivity index (χ0n) is 11.3. The fourth-order valence-electron chi connectivity index (χ4n) is 2.70. The quantitative estimate of drug-likeness (QED) is 0.880. The lowest BCUT2D eigenvalue weighted by molar-refractivity contribution is 0.0787. The standard InChI is InChI=1S/C15H20N2O/c1-10-16-13-8-7-11(15(2,3)18)9-14(13)17(10)12-5-4-6-12/h7-9,12,18H,4-6H2,1-3H3. The third-order valence-corrected chi connectivity index (χ3v) is 4.01. The number of hydrogen-bond donors (Lipinski definition) is 1. The summed E-state index contributed by atoms with van der Waals surface area (Å²) in [5.41, 5.74) is 2.36. The number of rotatable bonds is 2. The molecular weight excluding hydrogens is 224 g/mol. The fraction of sp³-hybridized carbons (Fsp3) is 0.533. The molecule has 1 N–H and O–H groups in total. The van der Waals surface area contributed by atoms with Crippen LogP contribution in [0.1, 0.15) is 50.5 Å². The van der Waals surface area contributed by atoms with Gasteiger partial charge in [-0.1, -0.05) is 6.07 Å². The van der Waals surface area contributed by atoms with Crippen LogP contribution in [-0.2, 0) is 5.60 Å². The van der Waals surface area contributed by atoms with Gasteiger partial charge in [0.2, 0.25) is 0 Å². The number of nitrogens with zero attached hydrogens (tertiary/aromatic N) is 2. The van der Waals surface area contributed by atoms with Gasteiger partial charge in [0.1, 0.15) is 5.82 Å². The first-order valence-electron chi connectivity index (χ1n) is 6.68. The van der Waals surface area contributed by atoms with Crippen molar-refractivity contribution in [3.8, 4) is 0 Å². The Morgan fingerprint density at radius 1 is 1.33 bits per heavy atom. The van der Waals surface area contributed by atoms with Crippen molar-refractivity contribution in [3.63, 3.8) is 0 Å². The molecule has 1 aromatic carbocycles. The smallest absolute Gasteiger partial charge is 0.106 e. The van der Waals surface area contributed by atoms with Gasteiger partial charge in [-0.2, -0.15) is 0 Å². The van der Waals surface area contributed by atoms with Gasteiger partial charge in [0, 0.05) is 6.04 Å². The highest BCUT2D eigenvalue weighted by atomic mass is 16.3. The highest BCUT2D eigenvalue weighted by Crippen LogP contribution is 2.36. The minimum absolute atomic E-state index is 0.604. The monoisotopic (exact) mass is 244 g/mol. The molecule has 1 saturated carbocycles. The number of fused-ring (bicyclic) bond motifs is 1. The number of benzene rings is 1. The van der Waals surface area contributed by atoms with Gasteiger partial charge in [-0.25, -0.2) is 4.98 Å². The van der Waals surface area contributed by atoms with E-state index in [1.165, 1.54) is 19.3 Å². The first-order chi connectivity index (χ1) is 8.47. The first-order valence-corrected chi connectivity index (χ1v) is 6.68. The molecule has 0 spiro atoms. The van der Waals surface area contributed by atoms with Gasteiger partial charge in [-0.15, -0.1) is 0 Å². The molecule has 0 saturated heterocycles. The van der Waals surface area contributed by atoms with Crippen LogP contribution in [-0.4, -0.2) is 14.7 Å². The second kappa shape index (κ2) is 3.82. The number of imidazole rings is 1. The molecule has 1 fully saturated rings. The molecule has 3 rings (SSSR count). The molecule has 2 aromatic rings. The third kappa shape index (κ3) is 1.74. The zero-order chi connectivity index (χ0) is 12.9. The molecule has 0 atom stereocenters. The van der Waals surface area contributed by atoms with Gasteiger partial charge >= 0.3 is 0 Å². The second-order valence-electron chi connectivity index (χ2n) is 5.88. The van der Waals surface area contributed by atoms with Gasteiger partial charge < -0.3 is 9.67 Å². The Labute approximate surface area is 107 Å². The van der Waals surface area contributed by atoms with Crippen LogP contribution in [0.15, 0.2) is 18.2 Å². The van der Waals surface area contributed by atoms with Crippen LogP contribution in [0.25, 0.3) is 11.0 Å². The summed E-state index contributed by atoms with van der Waals surface area (Å²) in [5.74, 6) is 1.09. The van der Waals surface area contributed by atoms with Crippen molar-refractivity contribution in [1.82, 2.24) is 9.55 Å². The van der Waals surface area contributed by atoms with E-state index in [9.17, 15) is 5.11 Å². The maximum Gasteiger partial charge on any atom is 0.106 e. The minimum atomic E-state index is -0.795. The van der Waals surface area contributed by atoms with Crippen LogP contribution in [0.5, 0.6) is 0 Å². The number of aliphatic hydroxyl groups is 1. The first kappa shape index (κ1) is 11.7. The molecule has 96 valence electrons. The Morgan fingerprint density at radius 3 is 2.61 bits per heavy atom. The Hall–Kier alpha value is -1.35. The van der Waals surface area contributed by atoms with Crippen LogP contribution in [0.2, 0.25) is 0 Å². The number of aryl methyl sites for hydroxylation is 1. The molecule has 0 unspecified atom stereocenters. The molecule has 0 amide bonds. The van der Waals surface area contributed by atoms with E-state index in [2.05, 4.69) is 22.5 Å². The van der Waals surface area contributed by atoms with Gasteiger partial charge in [0.05, 0.1) is 16.6 Å². The lowest BCUT2D eigenvalue weighted by Gasteiger charge is -2.29. The van der Waals surface area contributed by atoms with E-state index in [1.807, 2.05) is 26.0 Å². The average molecular weight is 244 g/mol. The molecule has 0 radical (unpaired) electrons. The summed E-state index contributed by atoms with van der Waals surface area (Å²) in [4.78, 5) is 4.62. The highest BCUT2D eigenvalue weighted by molar-refractivity contribution is 5.77. The topological polar surface area (TPSA) is 38.1 Å². The summed E-state index contributed by atoms with van der Waals surface area (Å²) >= 11 is 0. The summed E-state index contributed by atoms with van der Waals surface area (Å²) in [6.45, 7) is 5.72. The van der Waals surface area contributed by atoms with Gasteiger partial charge in [0.25, 0.3) is 0 Å². The van der Waals surface area contributed by atoms with E-state index in [0.29, 0.717) is 6.04 Å². The molecular formula is C15H20N2O. The Kier molecular flexibility index (Phi) is 2.49. The molecule has 0 bridgehead atoms. The van der Waals surface area contributed by atoms with Crippen molar-refractivity contribution >= 4 is 11.0 Å². The highest BCUT2D eigenvalue weighted by Gasteiger charge is 2.24. The predicted octanol–water partition coefficient (Wildman–Crippen LogP) is 3.30. The number of hydrogen-bond acceptors (Lipinski definition) is 2. The summed E-state index contributed by atoms with van der Waals surface area (Å²) in [6.07, 6.45) is 3.81. The molecule has 1 heterocycles. The van der Waals surface area contributed by atoms with E-state index in [4.69, 9.17) is 0 Å². The van der Waals surface area contributed by atoms with Crippen LogP contribution in [0, 0.1) is 6.92 Å². The van der Waals surface area contributed by atoms with Crippen molar-refractivity contribution < 1.29 is 5.11 Å². The molecule has 1 aromatic heterocycles. The summed E-state index contributed by atoms with van der Waals surface area (Å²) in [7, 11) is 0. The predicted molar refractivity (Wildman–Crippen MR) is 72.6 cm³/mol. The molecule has 0 aliphatic heterocycles.